The van der Waals surface area contributed by atoms with E-state index in [1.807, 2.05) is 0 Å². The Labute approximate surface area is 198 Å². The van der Waals surface area contributed by atoms with Crippen LogP contribution < -0.4 is 0 Å². The van der Waals surface area contributed by atoms with E-state index in [1.165, 1.54) is 33.4 Å². The Kier molecular flexibility index (Phi) is 10.3. The number of fused-ring (bicyclic) bond motifs is 3. The minimum absolute atomic E-state index is 0.373. The van der Waals surface area contributed by atoms with Crippen LogP contribution in [0, 0.1) is 13.8 Å². The zero-order chi connectivity index (χ0) is 23.5. The van der Waals surface area contributed by atoms with Gasteiger partial charge in [0.1, 0.15) is 0 Å². The fraction of sp³-hybridized carbons (Fsp3) is 0.556. The average Bonchev–Trinajstić information content (AvgIpc) is 3.06. The molecule has 0 aromatic heterocycles. The van der Waals surface area contributed by atoms with Crippen LogP contribution in [-0.2, 0) is 33.8 Å². The second kappa shape index (κ2) is 13.2. The summed E-state index contributed by atoms with van der Waals surface area (Å²) in [6, 6.07) is 13.4. The van der Waals surface area contributed by atoms with Gasteiger partial charge < -0.3 is 28.4 Å². The summed E-state index contributed by atoms with van der Waals surface area (Å²) in [7, 11) is 3.34. The number of aryl methyl sites for hydroxylation is 2. The minimum atomic E-state index is -0.373. The summed E-state index contributed by atoms with van der Waals surface area (Å²) in [6.07, 6.45) is 0. The second-order valence-electron chi connectivity index (χ2n) is 8.50. The lowest BCUT2D eigenvalue weighted by Crippen LogP contribution is -2.37. The van der Waals surface area contributed by atoms with Gasteiger partial charge in [0, 0.05) is 14.2 Å². The predicted octanol–water partition coefficient (Wildman–Crippen LogP) is 3.93. The Morgan fingerprint density at radius 1 is 0.545 bits per heavy atom. The van der Waals surface area contributed by atoms with Gasteiger partial charge in [-0.2, -0.15) is 0 Å². The van der Waals surface area contributed by atoms with Gasteiger partial charge in [0.2, 0.25) is 0 Å². The number of methoxy groups -OCH3 is 2. The van der Waals surface area contributed by atoms with Gasteiger partial charge in [0.05, 0.1) is 71.5 Å². The maximum absolute atomic E-state index is 6.21. The second-order valence-corrected chi connectivity index (χ2v) is 8.50. The average molecular weight is 459 g/mol. The number of benzene rings is 2. The topological polar surface area (TPSA) is 55.4 Å². The van der Waals surface area contributed by atoms with Crippen molar-refractivity contribution in [3.8, 4) is 11.1 Å². The first-order valence-electron chi connectivity index (χ1n) is 11.6. The molecule has 0 unspecified atom stereocenters. The molecule has 6 heteroatoms. The Morgan fingerprint density at radius 3 is 1.36 bits per heavy atom. The molecule has 2 aromatic carbocycles. The van der Waals surface area contributed by atoms with Crippen molar-refractivity contribution in [3.05, 3.63) is 58.7 Å². The Bertz CT molecular complexity index is 794. The SMILES string of the molecule is COCCOCCOCC1(COCCOCCOC)c2cc(C)ccc2-c2ccc(C)cc21. The van der Waals surface area contributed by atoms with Gasteiger partial charge >= 0.3 is 0 Å². The fourth-order valence-corrected chi connectivity index (χ4v) is 4.29. The van der Waals surface area contributed by atoms with Crippen molar-refractivity contribution in [1.29, 1.82) is 0 Å². The summed E-state index contributed by atoms with van der Waals surface area (Å²) < 4.78 is 33.7. The Balaban J connectivity index is 1.77. The van der Waals surface area contributed by atoms with E-state index >= 15 is 0 Å². The Morgan fingerprint density at radius 2 is 0.939 bits per heavy atom. The van der Waals surface area contributed by atoms with Crippen LogP contribution in [0.4, 0.5) is 0 Å². The van der Waals surface area contributed by atoms with Crippen molar-refractivity contribution < 1.29 is 28.4 Å². The van der Waals surface area contributed by atoms with Crippen molar-refractivity contribution in [2.75, 3.05) is 80.3 Å². The highest BCUT2D eigenvalue weighted by molar-refractivity contribution is 5.82. The lowest BCUT2D eigenvalue weighted by Gasteiger charge is -2.32. The maximum Gasteiger partial charge on any atom is 0.0701 e. The van der Waals surface area contributed by atoms with Crippen molar-refractivity contribution >= 4 is 0 Å². The summed E-state index contributed by atoms with van der Waals surface area (Å²) in [4.78, 5) is 0. The zero-order valence-electron chi connectivity index (χ0n) is 20.5. The smallest absolute Gasteiger partial charge is 0.0701 e. The van der Waals surface area contributed by atoms with E-state index in [0.29, 0.717) is 66.1 Å². The van der Waals surface area contributed by atoms with E-state index < -0.39 is 0 Å². The van der Waals surface area contributed by atoms with Crippen LogP contribution >= 0.6 is 0 Å². The first-order valence-corrected chi connectivity index (χ1v) is 11.6. The van der Waals surface area contributed by atoms with Crippen LogP contribution in [0.5, 0.6) is 0 Å². The van der Waals surface area contributed by atoms with Crippen LogP contribution in [0.3, 0.4) is 0 Å². The van der Waals surface area contributed by atoms with Gasteiger partial charge in [0.15, 0.2) is 0 Å². The van der Waals surface area contributed by atoms with Crippen LogP contribution in [0.15, 0.2) is 36.4 Å². The van der Waals surface area contributed by atoms with Crippen LogP contribution in [0.1, 0.15) is 22.3 Å². The molecule has 3 rings (SSSR count). The molecule has 0 amide bonds. The summed E-state index contributed by atoms with van der Waals surface area (Å²) in [5.74, 6) is 0. The molecule has 0 fully saturated rings. The molecule has 1 aliphatic rings. The summed E-state index contributed by atoms with van der Waals surface area (Å²) in [5.41, 5.74) is 7.14. The minimum Gasteiger partial charge on any atom is -0.382 e. The maximum atomic E-state index is 6.21. The Hall–Kier alpha value is -1.80. The van der Waals surface area contributed by atoms with Gasteiger partial charge in [-0.3, -0.25) is 0 Å². The monoisotopic (exact) mass is 458 g/mol. The van der Waals surface area contributed by atoms with Crippen LogP contribution in [0.25, 0.3) is 11.1 Å². The molecule has 1 aliphatic carbocycles. The third-order valence-corrected chi connectivity index (χ3v) is 5.98. The van der Waals surface area contributed by atoms with Crippen molar-refractivity contribution in [1.82, 2.24) is 0 Å². The van der Waals surface area contributed by atoms with Gasteiger partial charge in [-0.05, 0) is 36.1 Å². The van der Waals surface area contributed by atoms with E-state index in [2.05, 4.69) is 50.2 Å². The lowest BCUT2D eigenvalue weighted by atomic mass is 9.78. The quantitative estimate of drug-likeness (QED) is 0.355. The van der Waals surface area contributed by atoms with E-state index in [9.17, 15) is 0 Å². The molecule has 2 aromatic rings. The zero-order valence-corrected chi connectivity index (χ0v) is 20.5. The predicted molar refractivity (Wildman–Crippen MR) is 129 cm³/mol. The summed E-state index contributed by atoms with van der Waals surface area (Å²) in [5, 5.41) is 0. The largest absolute Gasteiger partial charge is 0.382 e. The molecule has 6 nitrogen and oxygen atoms in total. The van der Waals surface area contributed by atoms with Gasteiger partial charge in [-0.25, -0.2) is 0 Å². The highest BCUT2D eigenvalue weighted by atomic mass is 16.5. The highest BCUT2D eigenvalue weighted by Crippen LogP contribution is 2.50. The normalized spacial score (nSPS) is 13.8. The van der Waals surface area contributed by atoms with E-state index in [-0.39, 0.29) is 5.41 Å². The molecule has 0 spiro atoms. The molecule has 0 saturated heterocycles. The fourth-order valence-electron chi connectivity index (χ4n) is 4.29. The molecule has 0 aliphatic heterocycles. The first-order chi connectivity index (χ1) is 16.1. The first kappa shape index (κ1) is 25.8. The highest BCUT2D eigenvalue weighted by Gasteiger charge is 2.44. The molecule has 182 valence electrons. The third kappa shape index (κ3) is 6.63. The number of ether oxygens (including phenoxy) is 6. The molecule has 0 radical (unpaired) electrons. The van der Waals surface area contributed by atoms with Crippen molar-refractivity contribution in [2.45, 2.75) is 19.3 Å². The molecular weight excluding hydrogens is 420 g/mol. The summed E-state index contributed by atoms with van der Waals surface area (Å²) >= 11 is 0. The molecular formula is C27H38O6. The van der Waals surface area contributed by atoms with E-state index in [1.54, 1.807) is 14.2 Å². The van der Waals surface area contributed by atoms with Crippen LogP contribution in [0.2, 0.25) is 0 Å². The van der Waals surface area contributed by atoms with E-state index in [0.717, 1.165) is 0 Å². The standard InChI is InChI=1S/C27H38O6/c1-21-5-7-23-24-8-6-22(2)18-26(24)27(25(23)17-21,19-32-15-13-30-11-9-28-3)20-33-16-14-31-12-10-29-4/h5-8,17-18H,9-16,19-20H2,1-4H3. The number of rotatable bonds is 16. The number of hydrogen-bond donors (Lipinski definition) is 0. The van der Waals surface area contributed by atoms with Gasteiger partial charge in [-0.15, -0.1) is 0 Å². The lowest BCUT2D eigenvalue weighted by molar-refractivity contribution is -0.0145. The van der Waals surface area contributed by atoms with Gasteiger partial charge in [-0.1, -0.05) is 47.5 Å². The van der Waals surface area contributed by atoms with Gasteiger partial charge in [0.25, 0.3) is 0 Å². The molecule has 0 heterocycles. The summed E-state index contributed by atoms with van der Waals surface area (Å²) in [6.45, 7) is 9.75. The number of hydrogen-bond acceptors (Lipinski definition) is 6. The molecule has 0 atom stereocenters. The molecule has 33 heavy (non-hydrogen) atoms. The molecule has 0 bridgehead atoms. The molecule has 0 N–H and O–H groups in total. The third-order valence-electron chi connectivity index (χ3n) is 5.98. The van der Waals surface area contributed by atoms with Crippen molar-refractivity contribution in [3.63, 3.8) is 0 Å². The van der Waals surface area contributed by atoms with Crippen molar-refractivity contribution in [2.24, 2.45) is 0 Å². The van der Waals surface area contributed by atoms with Crippen LogP contribution in [-0.4, -0.2) is 80.3 Å². The van der Waals surface area contributed by atoms with E-state index in [4.69, 9.17) is 28.4 Å². The molecule has 0 saturated carbocycles.